The van der Waals surface area contributed by atoms with Gasteiger partial charge in [-0.25, -0.2) is 14.8 Å². The number of carbonyl (C=O) groups excluding carboxylic acids is 1. The van der Waals surface area contributed by atoms with E-state index < -0.39 is 0 Å². The van der Waals surface area contributed by atoms with Crippen molar-refractivity contribution in [2.24, 2.45) is 0 Å². The first-order valence-corrected chi connectivity index (χ1v) is 8.09. The van der Waals surface area contributed by atoms with Gasteiger partial charge < -0.3 is 10.3 Å². The highest BCUT2D eigenvalue weighted by Crippen LogP contribution is 2.29. The molecule has 5 nitrogen and oxygen atoms in total. The summed E-state index contributed by atoms with van der Waals surface area (Å²) < 4.78 is 0. The van der Waals surface area contributed by atoms with Crippen molar-refractivity contribution in [3.8, 4) is 0 Å². The van der Waals surface area contributed by atoms with Crippen LogP contribution in [0.2, 0.25) is 5.02 Å². The maximum Gasteiger partial charge on any atom is 0.143 e. The summed E-state index contributed by atoms with van der Waals surface area (Å²) in [5.41, 5.74) is 4.16. The Bertz CT molecular complexity index is 1070. The monoisotopic (exact) mass is 348 g/mol. The van der Waals surface area contributed by atoms with Crippen LogP contribution in [0.1, 0.15) is 12.1 Å². The molecule has 0 saturated heterocycles. The van der Waals surface area contributed by atoms with Crippen LogP contribution in [0, 0.1) is 0 Å². The number of hydrogen-bond acceptors (Lipinski definition) is 4. The molecule has 2 N–H and O–H groups in total. The molecule has 4 rings (SSSR count). The molecule has 0 radical (unpaired) electrons. The lowest BCUT2D eigenvalue weighted by Gasteiger charge is -2.06. The molecule has 0 spiro atoms. The lowest BCUT2D eigenvalue weighted by Crippen LogP contribution is -1.94. The molecule has 2 heterocycles. The molecule has 0 saturated carbocycles. The molecular formula is C19H13ClN4O. The van der Waals surface area contributed by atoms with E-state index in [1.54, 1.807) is 6.08 Å². The predicted molar refractivity (Wildman–Crippen MR) is 99.6 cm³/mol. The summed E-state index contributed by atoms with van der Waals surface area (Å²) >= 11 is 6.04. The van der Waals surface area contributed by atoms with E-state index in [1.165, 1.54) is 6.33 Å². The number of hydrogen-bond donors (Lipinski definition) is 2. The van der Waals surface area contributed by atoms with Gasteiger partial charge in [-0.15, -0.1) is 0 Å². The van der Waals surface area contributed by atoms with Crippen molar-refractivity contribution in [1.82, 2.24) is 15.0 Å². The molecule has 25 heavy (non-hydrogen) atoms. The van der Waals surface area contributed by atoms with E-state index in [1.807, 2.05) is 48.4 Å². The second kappa shape index (κ2) is 6.40. The fourth-order valence-corrected chi connectivity index (χ4v) is 2.91. The van der Waals surface area contributed by atoms with Gasteiger partial charge in [0.2, 0.25) is 0 Å². The van der Waals surface area contributed by atoms with Crippen LogP contribution < -0.4 is 5.32 Å². The molecule has 0 amide bonds. The summed E-state index contributed by atoms with van der Waals surface area (Å²) in [5.74, 6) is 2.62. The molecule has 2 aromatic heterocycles. The number of anilines is 2. The first-order chi connectivity index (χ1) is 12.2. The Morgan fingerprint density at radius 3 is 2.88 bits per heavy atom. The average Bonchev–Trinajstić information content (AvgIpc) is 3.07. The largest absolute Gasteiger partial charge is 0.340 e. The summed E-state index contributed by atoms with van der Waals surface area (Å²) in [6.45, 7) is 0. The molecule has 1 aliphatic rings. The van der Waals surface area contributed by atoms with Crippen LogP contribution in [0.4, 0.5) is 11.5 Å². The van der Waals surface area contributed by atoms with Crippen molar-refractivity contribution >= 4 is 45.7 Å². The van der Waals surface area contributed by atoms with Crippen molar-refractivity contribution in [3.05, 3.63) is 71.2 Å². The smallest absolute Gasteiger partial charge is 0.143 e. The first kappa shape index (κ1) is 15.4. The van der Waals surface area contributed by atoms with E-state index in [0.717, 1.165) is 28.0 Å². The third-order valence-corrected chi connectivity index (χ3v) is 4.20. The van der Waals surface area contributed by atoms with Crippen LogP contribution in [0.5, 0.6) is 0 Å². The zero-order chi connectivity index (χ0) is 17.2. The van der Waals surface area contributed by atoms with E-state index in [0.29, 0.717) is 22.8 Å². The lowest BCUT2D eigenvalue weighted by molar-refractivity contribution is 0.567. The SMILES string of the molecule is O=C=C1C=CC(c2cc3c(Nc4cccc(Cl)c4)ncnc3[nH]2)=CC1. The van der Waals surface area contributed by atoms with E-state index in [9.17, 15) is 4.79 Å². The van der Waals surface area contributed by atoms with Crippen molar-refractivity contribution in [2.45, 2.75) is 6.42 Å². The molecule has 0 unspecified atom stereocenters. The Hall–Kier alpha value is -3.14. The molecule has 0 bridgehead atoms. The highest BCUT2D eigenvalue weighted by Gasteiger charge is 2.12. The third-order valence-electron chi connectivity index (χ3n) is 3.96. The predicted octanol–water partition coefficient (Wildman–Crippen LogP) is 4.46. The van der Waals surface area contributed by atoms with Gasteiger partial charge in [0, 0.05) is 28.4 Å². The van der Waals surface area contributed by atoms with Gasteiger partial charge in [-0.3, -0.25) is 0 Å². The van der Waals surface area contributed by atoms with Crippen molar-refractivity contribution in [2.75, 3.05) is 5.32 Å². The molecule has 0 aliphatic heterocycles. The van der Waals surface area contributed by atoms with Crippen LogP contribution >= 0.6 is 11.6 Å². The van der Waals surface area contributed by atoms with Gasteiger partial charge in [-0.05, 0) is 35.9 Å². The Labute approximate surface area is 148 Å². The Kier molecular flexibility index (Phi) is 3.94. The van der Waals surface area contributed by atoms with Gasteiger partial charge in [0.1, 0.15) is 23.7 Å². The molecule has 3 aromatic rings. The number of H-pyrrole nitrogens is 1. The number of rotatable bonds is 3. The van der Waals surface area contributed by atoms with E-state index in [-0.39, 0.29) is 0 Å². The number of aromatic amines is 1. The average molecular weight is 349 g/mol. The Balaban J connectivity index is 1.71. The number of nitrogens with zero attached hydrogens (tertiary/aromatic N) is 2. The van der Waals surface area contributed by atoms with Crippen molar-refractivity contribution in [1.29, 1.82) is 0 Å². The molecule has 0 atom stereocenters. The summed E-state index contributed by atoms with van der Waals surface area (Å²) in [7, 11) is 0. The Morgan fingerprint density at radius 2 is 2.12 bits per heavy atom. The summed E-state index contributed by atoms with van der Waals surface area (Å²) in [6.07, 6.45) is 7.75. The summed E-state index contributed by atoms with van der Waals surface area (Å²) in [6, 6.07) is 9.45. The highest BCUT2D eigenvalue weighted by atomic mass is 35.5. The number of allylic oxidation sites excluding steroid dienone is 5. The third kappa shape index (κ3) is 3.11. The normalized spacial score (nSPS) is 13.6. The van der Waals surface area contributed by atoms with Crippen LogP contribution in [0.25, 0.3) is 16.6 Å². The number of benzene rings is 1. The zero-order valence-electron chi connectivity index (χ0n) is 13.1. The van der Waals surface area contributed by atoms with Gasteiger partial charge in [-0.1, -0.05) is 29.8 Å². The van der Waals surface area contributed by atoms with Gasteiger partial charge >= 0.3 is 0 Å². The maximum absolute atomic E-state index is 10.7. The van der Waals surface area contributed by atoms with Gasteiger partial charge in [0.05, 0.1) is 5.39 Å². The van der Waals surface area contributed by atoms with Gasteiger partial charge in [-0.2, -0.15) is 0 Å². The minimum absolute atomic E-state index is 0.573. The van der Waals surface area contributed by atoms with Crippen LogP contribution in [0.3, 0.4) is 0 Å². The number of halogens is 1. The minimum atomic E-state index is 0.573. The van der Waals surface area contributed by atoms with Crippen molar-refractivity contribution < 1.29 is 4.79 Å². The molecule has 122 valence electrons. The zero-order valence-corrected chi connectivity index (χ0v) is 13.8. The standard InChI is InChI=1S/C19H13ClN4O/c20-14-2-1-3-15(8-14)23-18-16-9-17(24-19(16)22-11-21-18)13-6-4-12(10-25)5-7-13/h1-4,6-9,11H,5H2,(H2,21,22,23,24). The maximum atomic E-state index is 10.7. The highest BCUT2D eigenvalue weighted by molar-refractivity contribution is 6.30. The molecule has 0 fully saturated rings. The van der Waals surface area contributed by atoms with E-state index >= 15 is 0 Å². The lowest BCUT2D eigenvalue weighted by atomic mass is 10.0. The van der Waals surface area contributed by atoms with E-state index in [2.05, 4.69) is 20.3 Å². The van der Waals surface area contributed by atoms with Crippen molar-refractivity contribution in [3.63, 3.8) is 0 Å². The number of aromatic nitrogens is 3. The molecule has 1 aromatic carbocycles. The molecule has 6 heteroatoms. The number of fused-ring (bicyclic) bond motifs is 1. The van der Waals surface area contributed by atoms with Gasteiger partial charge in [0.15, 0.2) is 0 Å². The Morgan fingerprint density at radius 1 is 1.20 bits per heavy atom. The first-order valence-electron chi connectivity index (χ1n) is 7.72. The van der Waals surface area contributed by atoms with Crippen LogP contribution in [-0.2, 0) is 4.79 Å². The fraction of sp³-hybridized carbons (Fsp3) is 0.0526. The topological polar surface area (TPSA) is 70.7 Å². The van der Waals surface area contributed by atoms with E-state index in [4.69, 9.17) is 11.6 Å². The van der Waals surface area contributed by atoms with Crippen LogP contribution in [-0.4, -0.2) is 20.9 Å². The quantitative estimate of drug-likeness (QED) is 0.686. The minimum Gasteiger partial charge on any atom is -0.340 e. The fourth-order valence-electron chi connectivity index (χ4n) is 2.72. The molecular weight excluding hydrogens is 336 g/mol. The summed E-state index contributed by atoms with van der Waals surface area (Å²) in [5, 5.41) is 4.80. The second-order valence-electron chi connectivity index (χ2n) is 5.63. The van der Waals surface area contributed by atoms with Gasteiger partial charge in [0.25, 0.3) is 0 Å². The second-order valence-corrected chi connectivity index (χ2v) is 6.06. The molecule has 1 aliphatic carbocycles. The summed E-state index contributed by atoms with van der Waals surface area (Å²) in [4.78, 5) is 22.6. The number of nitrogens with one attached hydrogen (secondary N) is 2. The van der Waals surface area contributed by atoms with Crippen LogP contribution in [0.15, 0.2) is 60.5 Å².